The molecule has 0 radical (unpaired) electrons. The summed E-state index contributed by atoms with van der Waals surface area (Å²) in [5, 5.41) is 30.9. The summed E-state index contributed by atoms with van der Waals surface area (Å²) in [4.78, 5) is 78.3. The molecule has 0 saturated heterocycles. The molecule has 0 heterocycles. The molecule has 4 amide bonds. The molecule has 0 aliphatic rings. The van der Waals surface area contributed by atoms with Crippen molar-refractivity contribution < 1.29 is 43.7 Å². The second-order valence-corrected chi connectivity index (χ2v) is 17.1. The maximum absolute atomic E-state index is 13.8. The van der Waals surface area contributed by atoms with Gasteiger partial charge in [-0.3, -0.25) is 24.0 Å². The molecule has 0 fully saturated rings. The predicted octanol–water partition coefficient (Wildman–Crippen LogP) is 5.94. The number of nitrogens with one attached hydrogen (secondary N) is 4. The minimum Gasteiger partial charge on any atom is -0.480 e. The number of carboxylic acids is 1. The standard InChI is InChI=1S/C41H76N4O9/c1-11-12-13-14-15-16-17-18-19-20-30(46)26-35(47)42-31(21-22-36(48)54-41(8,9)10)37(49)43-32(23-27(2)3)38(50)44-33(24-28(4)5)39(51)45-34(40(52)53)25-29(6)7/h27-34,46H,11-26H2,1-10H3,(H,42,47)(H,43,49)(H,44,50)(H,45,51)(H,52,53)/t30-,31+,32+,33-,34+/m1/s1. The molecule has 6 N–H and O–H groups in total. The summed E-state index contributed by atoms with van der Waals surface area (Å²) in [6.07, 6.45) is 9.84. The lowest BCUT2D eigenvalue weighted by atomic mass is 9.98. The van der Waals surface area contributed by atoms with Crippen molar-refractivity contribution in [3.63, 3.8) is 0 Å². The molecule has 13 heteroatoms. The van der Waals surface area contributed by atoms with E-state index in [2.05, 4.69) is 28.2 Å². The van der Waals surface area contributed by atoms with Crippen LogP contribution in [-0.4, -0.2) is 81.7 Å². The average molecular weight is 769 g/mol. The number of carbonyl (C=O) groups is 6. The lowest BCUT2D eigenvalue weighted by Gasteiger charge is -2.28. The summed E-state index contributed by atoms with van der Waals surface area (Å²) in [7, 11) is 0. The number of aliphatic hydroxyl groups is 1. The SMILES string of the molecule is CCCCCCCCCCC[C@@H](O)CC(=O)N[C@@H](CCC(=O)OC(C)(C)C)C(=O)N[C@@H](CC(C)C)C(=O)N[C@H](CC(C)C)C(=O)N[C@@H](CC(C)C)C(=O)O. The zero-order valence-electron chi connectivity index (χ0n) is 35.2. The summed E-state index contributed by atoms with van der Waals surface area (Å²) in [5.41, 5.74) is -0.754. The summed E-state index contributed by atoms with van der Waals surface area (Å²) in [5.74, 6) is -4.36. The van der Waals surface area contributed by atoms with E-state index >= 15 is 0 Å². The van der Waals surface area contributed by atoms with Crippen LogP contribution in [0.4, 0.5) is 0 Å². The number of carboxylic acid groups (broad SMARTS) is 1. The molecule has 0 aromatic rings. The Hall–Kier alpha value is -3.22. The van der Waals surface area contributed by atoms with Crippen LogP contribution in [0.5, 0.6) is 0 Å². The highest BCUT2D eigenvalue weighted by molar-refractivity contribution is 5.95. The van der Waals surface area contributed by atoms with Gasteiger partial charge in [0.25, 0.3) is 0 Å². The van der Waals surface area contributed by atoms with Gasteiger partial charge in [0.15, 0.2) is 0 Å². The fraction of sp³-hybridized carbons (Fsp3) is 0.854. The monoisotopic (exact) mass is 769 g/mol. The summed E-state index contributed by atoms with van der Waals surface area (Å²) < 4.78 is 5.40. The maximum atomic E-state index is 13.8. The van der Waals surface area contributed by atoms with Gasteiger partial charge in [0.2, 0.25) is 23.6 Å². The van der Waals surface area contributed by atoms with Crippen LogP contribution in [0.15, 0.2) is 0 Å². The number of aliphatic carboxylic acids is 1. The molecule has 0 unspecified atom stereocenters. The molecule has 314 valence electrons. The van der Waals surface area contributed by atoms with E-state index in [1.54, 1.807) is 20.8 Å². The van der Waals surface area contributed by atoms with Gasteiger partial charge in [0.05, 0.1) is 12.5 Å². The molecular weight excluding hydrogens is 692 g/mol. The normalized spacial score (nSPS) is 14.6. The molecule has 0 aromatic carbocycles. The first kappa shape index (κ1) is 50.8. The Kier molecular flexibility index (Phi) is 25.7. The number of amides is 4. The Labute approximate surface area is 325 Å². The molecule has 13 nitrogen and oxygen atoms in total. The van der Waals surface area contributed by atoms with Gasteiger partial charge in [-0.2, -0.15) is 0 Å². The van der Waals surface area contributed by atoms with Crippen LogP contribution in [0.25, 0.3) is 0 Å². The first-order chi connectivity index (χ1) is 25.1. The van der Waals surface area contributed by atoms with E-state index in [0.717, 1.165) is 25.7 Å². The van der Waals surface area contributed by atoms with E-state index < -0.39 is 71.4 Å². The van der Waals surface area contributed by atoms with Gasteiger partial charge < -0.3 is 36.2 Å². The van der Waals surface area contributed by atoms with Gasteiger partial charge >= 0.3 is 11.9 Å². The molecule has 0 saturated carbocycles. The number of rotatable bonds is 29. The van der Waals surface area contributed by atoms with Crippen molar-refractivity contribution in [2.24, 2.45) is 17.8 Å². The second-order valence-electron chi connectivity index (χ2n) is 17.1. The number of unbranched alkanes of at least 4 members (excludes halogenated alkanes) is 8. The zero-order chi connectivity index (χ0) is 41.4. The highest BCUT2D eigenvalue weighted by Gasteiger charge is 2.33. The summed E-state index contributed by atoms with van der Waals surface area (Å²) in [6, 6.07) is -4.51. The number of hydrogen-bond donors (Lipinski definition) is 6. The summed E-state index contributed by atoms with van der Waals surface area (Å²) in [6.45, 7) is 18.5. The first-order valence-electron chi connectivity index (χ1n) is 20.5. The van der Waals surface area contributed by atoms with Crippen LogP contribution in [0.2, 0.25) is 0 Å². The second kappa shape index (κ2) is 27.4. The van der Waals surface area contributed by atoms with Gasteiger partial charge in [-0.05, 0) is 70.6 Å². The quantitative estimate of drug-likeness (QED) is 0.0394. The number of aliphatic hydroxyl groups excluding tert-OH is 1. The van der Waals surface area contributed by atoms with Crippen LogP contribution >= 0.6 is 0 Å². The minimum absolute atomic E-state index is 0.00177. The Balaban J connectivity index is 5.80. The van der Waals surface area contributed by atoms with E-state index in [0.29, 0.717) is 6.42 Å². The van der Waals surface area contributed by atoms with Crippen LogP contribution in [0.3, 0.4) is 0 Å². The fourth-order valence-electron chi connectivity index (χ4n) is 6.10. The smallest absolute Gasteiger partial charge is 0.326 e. The largest absolute Gasteiger partial charge is 0.480 e. The highest BCUT2D eigenvalue weighted by Crippen LogP contribution is 2.15. The highest BCUT2D eigenvalue weighted by atomic mass is 16.6. The van der Waals surface area contributed by atoms with Crippen LogP contribution < -0.4 is 21.3 Å². The predicted molar refractivity (Wildman–Crippen MR) is 211 cm³/mol. The zero-order valence-corrected chi connectivity index (χ0v) is 35.2. The molecule has 0 spiro atoms. The molecular formula is C41H76N4O9. The fourth-order valence-corrected chi connectivity index (χ4v) is 6.10. The van der Waals surface area contributed by atoms with Crippen molar-refractivity contribution >= 4 is 35.6 Å². The van der Waals surface area contributed by atoms with Gasteiger partial charge in [0.1, 0.15) is 29.8 Å². The molecule has 0 rings (SSSR count). The Morgan fingerprint density at radius 3 is 1.41 bits per heavy atom. The topological polar surface area (TPSA) is 200 Å². The van der Waals surface area contributed by atoms with E-state index in [-0.39, 0.29) is 56.3 Å². The number of esters is 1. The first-order valence-corrected chi connectivity index (χ1v) is 20.5. The molecule has 5 atom stereocenters. The molecule has 54 heavy (non-hydrogen) atoms. The summed E-state index contributed by atoms with van der Waals surface area (Å²) >= 11 is 0. The van der Waals surface area contributed by atoms with E-state index in [1.807, 2.05) is 41.5 Å². The maximum Gasteiger partial charge on any atom is 0.326 e. The van der Waals surface area contributed by atoms with Gasteiger partial charge in [-0.25, -0.2) is 4.79 Å². The van der Waals surface area contributed by atoms with Gasteiger partial charge in [-0.15, -0.1) is 0 Å². The third-order valence-electron chi connectivity index (χ3n) is 8.77. The van der Waals surface area contributed by atoms with Crippen molar-refractivity contribution in [2.75, 3.05) is 0 Å². The van der Waals surface area contributed by atoms with Crippen molar-refractivity contribution in [3.8, 4) is 0 Å². The molecule has 0 aliphatic heterocycles. The third-order valence-corrected chi connectivity index (χ3v) is 8.77. The van der Waals surface area contributed by atoms with Crippen molar-refractivity contribution in [2.45, 2.75) is 208 Å². The Morgan fingerprint density at radius 2 is 0.981 bits per heavy atom. The number of hydrogen-bond acceptors (Lipinski definition) is 8. The van der Waals surface area contributed by atoms with Crippen LogP contribution in [0, 0.1) is 17.8 Å². The molecule has 0 aliphatic carbocycles. The lowest BCUT2D eigenvalue weighted by Crippen LogP contribution is -2.58. The number of ether oxygens (including phenoxy) is 1. The Morgan fingerprint density at radius 1 is 0.574 bits per heavy atom. The van der Waals surface area contributed by atoms with Crippen molar-refractivity contribution in [1.82, 2.24) is 21.3 Å². The van der Waals surface area contributed by atoms with Gasteiger partial charge in [0, 0.05) is 6.42 Å². The van der Waals surface area contributed by atoms with Crippen LogP contribution in [-0.2, 0) is 33.5 Å². The molecule has 0 bridgehead atoms. The van der Waals surface area contributed by atoms with E-state index in [1.165, 1.54) is 32.1 Å². The third kappa shape index (κ3) is 25.7. The van der Waals surface area contributed by atoms with Gasteiger partial charge in [-0.1, -0.05) is 106 Å². The average Bonchev–Trinajstić information content (AvgIpc) is 3.03. The van der Waals surface area contributed by atoms with E-state index in [4.69, 9.17) is 4.74 Å². The molecule has 0 aromatic heterocycles. The minimum atomic E-state index is -1.21. The van der Waals surface area contributed by atoms with Crippen LogP contribution in [0.1, 0.15) is 172 Å². The van der Waals surface area contributed by atoms with E-state index in [9.17, 15) is 39.0 Å². The number of carbonyl (C=O) groups excluding carboxylic acids is 5. The Bertz CT molecular complexity index is 1140. The van der Waals surface area contributed by atoms with Crippen molar-refractivity contribution in [3.05, 3.63) is 0 Å². The lowest BCUT2D eigenvalue weighted by molar-refractivity contribution is -0.155. The van der Waals surface area contributed by atoms with Crippen molar-refractivity contribution in [1.29, 1.82) is 0 Å².